The van der Waals surface area contributed by atoms with Crippen LogP contribution in [0.15, 0.2) is 24.4 Å². The molecule has 0 unspecified atom stereocenters. The van der Waals surface area contributed by atoms with Gasteiger partial charge in [0.05, 0.1) is 12.2 Å². The molecule has 110 valence electrons. The van der Waals surface area contributed by atoms with Gasteiger partial charge in [0.15, 0.2) is 0 Å². The fourth-order valence-corrected chi connectivity index (χ4v) is 1.67. The minimum absolute atomic E-state index is 0.626. The van der Waals surface area contributed by atoms with Gasteiger partial charge >= 0.3 is 0 Å². The number of rotatable bonds is 8. The highest BCUT2D eigenvalue weighted by Crippen LogP contribution is 2.16. The van der Waals surface area contributed by atoms with E-state index in [0.717, 1.165) is 35.1 Å². The van der Waals surface area contributed by atoms with E-state index in [2.05, 4.69) is 32.7 Å². The van der Waals surface area contributed by atoms with Crippen molar-refractivity contribution in [2.75, 3.05) is 25.5 Å². The number of allylic oxidation sites excluding steroid dienone is 1. The Morgan fingerprint density at radius 2 is 2.20 bits per heavy atom. The lowest BCUT2D eigenvalue weighted by molar-refractivity contribution is 0.131. The summed E-state index contributed by atoms with van der Waals surface area (Å²) in [5, 5.41) is 6.40. The monoisotopic (exact) mass is 277 g/mol. The number of aromatic nitrogens is 2. The highest BCUT2D eigenvalue weighted by Gasteiger charge is 2.06. The summed E-state index contributed by atoms with van der Waals surface area (Å²) in [4.78, 5) is 13.7. The van der Waals surface area contributed by atoms with Crippen molar-refractivity contribution in [1.82, 2.24) is 20.8 Å². The predicted molar refractivity (Wildman–Crippen MR) is 81.9 cm³/mol. The molecule has 0 saturated carbocycles. The van der Waals surface area contributed by atoms with Crippen LogP contribution in [0.1, 0.15) is 25.1 Å². The summed E-state index contributed by atoms with van der Waals surface area (Å²) >= 11 is 0. The van der Waals surface area contributed by atoms with Gasteiger partial charge in [0.1, 0.15) is 17.9 Å². The second kappa shape index (κ2) is 8.16. The predicted octanol–water partition coefficient (Wildman–Crippen LogP) is 1.83. The molecule has 0 saturated heterocycles. The largest absolute Gasteiger partial charge is 0.414 e. The van der Waals surface area contributed by atoms with Crippen LogP contribution in [0.5, 0.6) is 0 Å². The summed E-state index contributed by atoms with van der Waals surface area (Å²) in [5.41, 5.74) is 5.35. The molecule has 6 heteroatoms. The zero-order valence-corrected chi connectivity index (χ0v) is 12.6. The van der Waals surface area contributed by atoms with E-state index in [9.17, 15) is 0 Å². The molecule has 0 atom stereocenters. The Hall–Kier alpha value is -2.08. The highest BCUT2D eigenvalue weighted by atomic mass is 16.6. The van der Waals surface area contributed by atoms with Gasteiger partial charge in [-0.2, -0.15) is 5.48 Å². The van der Waals surface area contributed by atoms with Gasteiger partial charge in [-0.3, -0.25) is 0 Å². The maximum absolute atomic E-state index is 5.18. The molecule has 0 aliphatic heterocycles. The number of nitrogens with zero attached hydrogens (tertiary/aromatic N) is 2. The number of hydroxylamine groups is 1. The summed E-state index contributed by atoms with van der Waals surface area (Å²) in [6, 6.07) is 0. The molecule has 1 heterocycles. The maximum Gasteiger partial charge on any atom is 0.133 e. The van der Waals surface area contributed by atoms with Gasteiger partial charge in [-0.15, -0.1) is 0 Å². The minimum atomic E-state index is 0.626. The molecule has 1 aromatic heterocycles. The summed E-state index contributed by atoms with van der Waals surface area (Å²) in [5.74, 6) is 1.53. The molecule has 20 heavy (non-hydrogen) atoms. The molecule has 0 aliphatic carbocycles. The Bertz CT molecular complexity index is 484. The molecule has 1 rings (SSSR count). The first-order valence-corrected chi connectivity index (χ1v) is 6.57. The molecule has 0 aliphatic rings. The average molecular weight is 277 g/mol. The molecule has 0 aromatic carbocycles. The molecule has 0 amide bonds. The van der Waals surface area contributed by atoms with Crippen LogP contribution >= 0.6 is 0 Å². The smallest absolute Gasteiger partial charge is 0.133 e. The lowest BCUT2D eigenvalue weighted by Crippen LogP contribution is -2.19. The number of hydrogen-bond acceptors (Lipinski definition) is 6. The van der Waals surface area contributed by atoms with Gasteiger partial charge in [0.2, 0.25) is 0 Å². The Kier molecular flexibility index (Phi) is 6.52. The number of nitrogens with one attached hydrogen (secondary N) is 3. The van der Waals surface area contributed by atoms with E-state index in [4.69, 9.17) is 4.84 Å². The molecule has 6 nitrogen and oxygen atoms in total. The van der Waals surface area contributed by atoms with Gasteiger partial charge < -0.3 is 15.5 Å². The van der Waals surface area contributed by atoms with Crippen molar-refractivity contribution < 1.29 is 4.84 Å². The molecule has 1 aromatic rings. The van der Waals surface area contributed by atoms with Crippen molar-refractivity contribution in [3.8, 4) is 0 Å². The van der Waals surface area contributed by atoms with Crippen LogP contribution in [0.25, 0.3) is 6.08 Å². The summed E-state index contributed by atoms with van der Waals surface area (Å²) in [7, 11) is 1.71. The van der Waals surface area contributed by atoms with Gasteiger partial charge in [-0.1, -0.05) is 6.58 Å². The van der Waals surface area contributed by atoms with Crippen LogP contribution in [0.4, 0.5) is 5.82 Å². The summed E-state index contributed by atoms with van der Waals surface area (Å²) < 4.78 is 0. The lowest BCUT2D eigenvalue weighted by atomic mass is 10.2. The molecule has 3 N–H and O–H groups in total. The van der Waals surface area contributed by atoms with Gasteiger partial charge in [0.25, 0.3) is 0 Å². The average Bonchev–Trinajstić information content (AvgIpc) is 2.40. The Balaban J connectivity index is 2.79. The van der Waals surface area contributed by atoms with Gasteiger partial charge in [-0.05, 0) is 20.8 Å². The van der Waals surface area contributed by atoms with Crippen LogP contribution in [0.3, 0.4) is 0 Å². The van der Waals surface area contributed by atoms with Crippen molar-refractivity contribution in [3.63, 3.8) is 0 Å². The highest BCUT2D eigenvalue weighted by molar-refractivity contribution is 5.58. The minimum Gasteiger partial charge on any atom is -0.414 e. The van der Waals surface area contributed by atoms with Crippen molar-refractivity contribution in [3.05, 3.63) is 35.6 Å². The molecule has 0 bridgehead atoms. The third-order valence-electron chi connectivity index (χ3n) is 2.62. The van der Waals surface area contributed by atoms with Crippen LogP contribution in [-0.4, -0.2) is 30.1 Å². The van der Waals surface area contributed by atoms with Crippen LogP contribution < -0.4 is 16.1 Å². The fraction of sp³-hybridized carbons (Fsp3) is 0.429. The third kappa shape index (κ3) is 4.89. The second-order valence-electron chi connectivity index (χ2n) is 4.28. The normalized spacial score (nSPS) is 11.1. The number of hydrogen-bond donors (Lipinski definition) is 3. The molecular weight excluding hydrogens is 254 g/mol. The van der Waals surface area contributed by atoms with Crippen LogP contribution in [0.2, 0.25) is 0 Å². The molecule has 0 spiro atoms. The Morgan fingerprint density at radius 3 is 2.85 bits per heavy atom. The Morgan fingerprint density at radius 1 is 1.45 bits per heavy atom. The fourth-order valence-electron chi connectivity index (χ4n) is 1.67. The van der Waals surface area contributed by atoms with Crippen LogP contribution in [0, 0.1) is 6.92 Å². The molecule has 0 radical (unpaired) electrons. The molecular formula is C14H23N5O. The quantitative estimate of drug-likeness (QED) is 0.497. The topological polar surface area (TPSA) is 71.1 Å². The van der Waals surface area contributed by atoms with Crippen LogP contribution in [-0.2, 0) is 4.84 Å². The van der Waals surface area contributed by atoms with Crippen molar-refractivity contribution in [2.45, 2.75) is 20.8 Å². The summed E-state index contributed by atoms with van der Waals surface area (Å²) in [6.45, 7) is 11.3. The van der Waals surface area contributed by atoms with Gasteiger partial charge in [-0.25, -0.2) is 9.97 Å². The van der Waals surface area contributed by atoms with Crippen molar-refractivity contribution >= 4 is 11.9 Å². The third-order valence-corrected chi connectivity index (χ3v) is 2.62. The first-order valence-electron chi connectivity index (χ1n) is 6.57. The zero-order chi connectivity index (χ0) is 15.0. The van der Waals surface area contributed by atoms with E-state index < -0.39 is 0 Å². The van der Waals surface area contributed by atoms with E-state index in [1.165, 1.54) is 6.33 Å². The Labute approximate surface area is 120 Å². The second-order valence-corrected chi connectivity index (χ2v) is 4.28. The van der Waals surface area contributed by atoms with E-state index in [0.29, 0.717) is 6.54 Å². The summed E-state index contributed by atoms with van der Waals surface area (Å²) in [6.07, 6.45) is 3.39. The first-order chi connectivity index (χ1) is 9.58. The standard InChI is InChI=1S/C14H23N5O/c1-6-16-10(2)8-17-14-12(4)13(18-9-19-14)7-11(3)20-15-5/h7,9,15-16H,2,6,8H2,1,3-5H3,(H,17,18,19)/b11-7+. The maximum atomic E-state index is 5.18. The zero-order valence-electron chi connectivity index (χ0n) is 12.6. The van der Waals surface area contributed by atoms with Crippen molar-refractivity contribution in [1.29, 1.82) is 0 Å². The van der Waals surface area contributed by atoms with E-state index in [1.807, 2.05) is 26.8 Å². The molecule has 0 fully saturated rings. The van der Waals surface area contributed by atoms with E-state index >= 15 is 0 Å². The number of likely N-dealkylation sites (N-methyl/N-ethyl adjacent to an activating group) is 1. The first kappa shape index (κ1) is 16.0. The lowest BCUT2D eigenvalue weighted by Gasteiger charge is -2.12. The SMILES string of the molecule is C=C(CNc1ncnc(/C=C(\C)ONC)c1C)NCC. The van der Waals surface area contributed by atoms with Crippen molar-refractivity contribution in [2.24, 2.45) is 0 Å². The van der Waals surface area contributed by atoms with E-state index in [1.54, 1.807) is 7.05 Å². The van der Waals surface area contributed by atoms with Gasteiger partial charge in [0, 0.05) is 30.9 Å². The number of anilines is 1. The van der Waals surface area contributed by atoms with E-state index in [-0.39, 0.29) is 0 Å².